The predicted octanol–water partition coefficient (Wildman–Crippen LogP) is 3.44. The summed E-state index contributed by atoms with van der Waals surface area (Å²) in [5.41, 5.74) is 2.74. The van der Waals surface area contributed by atoms with Crippen LogP contribution in [0.2, 0.25) is 0 Å². The number of aryl methyl sites for hydroxylation is 1. The lowest BCUT2D eigenvalue weighted by Gasteiger charge is -2.08. The molecule has 0 atom stereocenters. The molecule has 0 unspecified atom stereocenters. The van der Waals surface area contributed by atoms with E-state index in [4.69, 9.17) is 0 Å². The van der Waals surface area contributed by atoms with Crippen LogP contribution in [-0.4, -0.2) is 12.5 Å². The van der Waals surface area contributed by atoms with Crippen molar-refractivity contribution in [3.8, 4) is 0 Å². The Morgan fingerprint density at radius 1 is 1.00 bits per heavy atom. The highest BCUT2D eigenvalue weighted by atomic mass is 19.1. The van der Waals surface area contributed by atoms with Gasteiger partial charge in [0.25, 0.3) is 0 Å². The Hall–Kier alpha value is -2.36. The minimum absolute atomic E-state index is 0.169. The van der Waals surface area contributed by atoms with Crippen LogP contribution in [0.4, 0.5) is 15.8 Å². The summed E-state index contributed by atoms with van der Waals surface area (Å²) >= 11 is 0. The van der Waals surface area contributed by atoms with Gasteiger partial charge in [-0.15, -0.1) is 0 Å². The van der Waals surface area contributed by atoms with Gasteiger partial charge in [-0.3, -0.25) is 4.79 Å². The van der Waals surface area contributed by atoms with Crippen LogP contribution < -0.4 is 10.6 Å². The van der Waals surface area contributed by atoms with Crippen LogP contribution in [0.3, 0.4) is 0 Å². The molecule has 0 saturated carbocycles. The van der Waals surface area contributed by atoms with Crippen LogP contribution in [0.1, 0.15) is 12.5 Å². The molecule has 0 radical (unpaired) electrons. The van der Waals surface area contributed by atoms with Crippen LogP contribution in [-0.2, 0) is 11.2 Å². The summed E-state index contributed by atoms with van der Waals surface area (Å²) in [4.78, 5) is 11.7. The summed E-state index contributed by atoms with van der Waals surface area (Å²) in [7, 11) is 0. The number of rotatable bonds is 5. The van der Waals surface area contributed by atoms with Gasteiger partial charge in [-0.25, -0.2) is 4.39 Å². The standard InChI is InChI=1S/C16H17FN2O/c1-2-12-3-7-14(8-4-12)18-11-16(20)19-15-9-5-13(17)6-10-15/h3-10,18H,2,11H2,1H3,(H,19,20). The summed E-state index contributed by atoms with van der Waals surface area (Å²) in [6.07, 6.45) is 0.991. The fourth-order valence-corrected chi connectivity index (χ4v) is 1.78. The Kier molecular flexibility index (Phi) is 4.71. The van der Waals surface area contributed by atoms with Gasteiger partial charge in [0.15, 0.2) is 0 Å². The van der Waals surface area contributed by atoms with E-state index in [0.29, 0.717) is 5.69 Å². The van der Waals surface area contributed by atoms with Gasteiger partial charge in [0.05, 0.1) is 6.54 Å². The molecule has 104 valence electrons. The predicted molar refractivity (Wildman–Crippen MR) is 79.3 cm³/mol. The topological polar surface area (TPSA) is 41.1 Å². The number of hydrogen-bond donors (Lipinski definition) is 2. The third kappa shape index (κ3) is 4.09. The highest BCUT2D eigenvalue weighted by molar-refractivity contribution is 5.93. The highest BCUT2D eigenvalue weighted by Crippen LogP contribution is 2.10. The smallest absolute Gasteiger partial charge is 0.243 e. The number of carbonyl (C=O) groups excluding carboxylic acids is 1. The Morgan fingerprint density at radius 2 is 1.60 bits per heavy atom. The van der Waals surface area contributed by atoms with Crippen molar-refractivity contribution in [2.45, 2.75) is 13.3 Å². The maximum atomic E-state index is 12.7. The molecule has 20 heavy (non-hydrogen) atoms. The average Bonchev–Trinajstić information content (AvgIpc) is 2.48. The van der Waals surface area contributed by atoms with Crippen molar-refractivity contribution in [1.82, 2.24) is 0 Å². The third-order valence-corrected chi connectivity index (χ3v) is 2.94. The lowest BCUT2D eigenvalue weighted by Crippen LogP contribution is -2.21. The van der Waals surface area contributed by atoms with Crippen molar-refractivity contribution in [3.63, 3.8) is 0 Å². The maximum Gasteiger partial charge on any atom is 0.243 e. The van der Waals surface area contributed by atoms with Gasteiger partial charge in [0.2, 0.25) is 5.91 Å². The number of carbonyl (C=O) groups is 1. The number of benzene rings is 2. The van der Waals surface area contributed by atoms with Crippen molar-refractivity contribution in [2.24, 2.45) is 0 Å². The van der Waals surface area contributed by atoms with E-state index in [1.807, 2.05) is 24.3 Å². The van der Waals surface area contributed by atoms with Gasteiger partial charge in [-0.05, 0) is 48.4 Å². The molecule has 0 aliphatic heterocycles. The van der Waals surface area contributed by atoms with Gasteiger partial charge in [0.1, 0.15) is 5.82 Å². The molecule has 2 aromatic carbocycles. The molecule has 2 rings (SSSR count). The first-order valence-electron chi connectivity index (χ1n) is 6.55. The summed E-state index contributed by atoms with van der Waals surface area (Å²) in [5, 5.41) is 5.74. The first kappa shape index (κ1) is 14.1. The molecular weight excluding hydrogens is 255 g/mol. The van der Waals surface area contributed by atoms with Crippen LogP contribution in [0.15, 0.2) is 48.5 Å². The Morgan fingerprint density at radius 3 is 2.20 bits per heavy atom. The largest absolute Gasteiger partial charge is 0.376 e. The molecule has 0 spiro atoms. The molecule has 1 amide bonds. The number of nitrogens with one attached hydrogen (secondary N) is 2. The first-order valence-corrected chi connectivity index (χ1v) is 6.55. The molecule has 0 bridgehead atoms. The summed E-state index contributed by atoms with van der Waals surface area (Å²) < 4.78 is 12.7. The lowest BCUT2D eigenvalue weighted by molar-refractivity contribution is -0.114. The van der Waals surface area contributed by atoms with Crippen LogP contribution in [0.25, 0.3) is 0 Å². The van der Waals surface area contributed by atoms with Gasteiger partial charge in [0, 0.05) is 11.4 Å². The molecule has 3 nitrogen and oxygen atoms in total. The van der Waals surface area contributed by atoms with Gasteiger partial charge in [-0.1, -0.05) is 19.1 Å². The summed E-state index contributed by atoms with van der Waals surface area (Å²) in [6.45, 7) is 2.27. The van der Waals surface area contributed by atoms with Gasteiger partial charge in [-0.2, -0.15) is 0 Å². The fourth-order valence-electron chi connectivity index (χ4n) is 1.78. The molecule has 0 aliphatic carbocycles. The maximum absolute atomic E-state index is 12.7. The van der Waals surface area contributed by atoms with Crippen molar-refractivity contribution < 1.29 is 9.18 Å². The number of hydrogen-bond acceptors (Lipinski definition) is 2. The monoisotopic (exact) mass is 272 g/mol. The number of anilines is 2. The summed E-state index contributed by atoms with van der Waals surface area (Å²) in [5.74, 6) is -0.492. The molecule has 0 aromatic heterocycles. The molecular formula is C16H17FN2O. The second-order valence-electron chi connectivity index (χ2n) is 4.46. The molecule has 2 N–H and O–H groups in total. The van der Waals surface area contributed by atoms with Crippen molar-refractivity contribution in [3.05, 3.63) is 59.9 Å². The van der Waals surface area contributed by atoms with Crippen LogP contribution >= 0.6 is 0 Å². The zero-order valence-electron chi connectivity index (χ0n) is 11.3. The molecule has 0 saturated heterocycles. The minimum atomic E-state index is -0.322. The number of amides is 1. The zero-order chi connectivity index (χ0) is 14.4. The van der Waals surface area contributed by atoms with E-state index >= 15 is 0 Å². The van der Waals surface area contributed by atoms with E-state index in [9.17, 15) is 9.18 Å². The molecule has 0 heterocycles. The highest BCUT2D eigenvalue weighted by Gasteiger charge is 2.02. The summed E-state index contributed by atoms with van der Waals surface area (Å²) in [6, 6.07) is 13.6. The van der Waals surface area contributed by atoms with Gasteiger partial charge < -0.3 is 10.6 Å². The van der Waals surface area contributed by atoms with E-state index < -0.39 is 0 Å². The normalized spacial score (nSPS) is 10.1. The molecule has 4 heteroatoms. The van der Waals surface area contributed by atoms with E-state index in [0.717, 1.165) is 12.1 Å². The van der Waals surface area contributed by atoms with Crippen molar-refractivity contribution in [2.75, 3.05) is 17.2 Å². The van der Waals surface area contributed by atoms with E-state index in [-0.39, 0.29) is 18.3 Å². The zero-order valence-corrected chi connectivity index (χ0v) is 11.3. The lowest BCUT2D eigenvalue weighted by atomic mass is 10.1. The number of halogens is 1. The van der Waals surface area contributed by atoms with Crippen molar-refractivity contribution in [1.29, 1.82) is 0 Å². The van der Waals surface area contributed by atoms with E-state index in [2.05, 4.69) is 17.6 Å². The van der Waals surface area contributed by atoms with E-state index in [1.54, 1.807) is 0 Å². The Bertz CT molecular complexity index is 564. The Labute approximate surface area is 117 Å². The second-order valence-corrected chi connectivity index (χ2v) is 4.46. The third-order valence-electron chi connectivity index (χ3n) is 2.94. The molecule has 2 aromatic rings. The van der Waals surface area contributed by atoms with E-state index in [1.165, 1.54) is 29.8 Å². The second kappa shape index (κ2) is 6.70. The average molecular weight is 272 g/mol. The van der Waals surface area contributed by atoms with Gasteiger partial charge >= 0.3 is 0 Å². The molecule has 0 fully saturated rings. The van der Waals surface area contributed by atoms with Crippen LogP contribution in [0, 0.1) is 5.82 Å². The first-order chi connectivity index (χ1) is 9.67. The quantitative estimate of drug-likeness (QED) is 0.875. The Balaban J connectivity index is 1.83. The minimum Gasteiger partial charge on any atom is -0.376 e. The van der Waals surface area contributed by atoms with Crippen LogP contribution in [0.5, 0.6) is 0 Å². The molecule has 0 aliphatic rings. The fraction of sp³-hybridized carbons (Fsp3) is 0.188. The van der Waals surface area contributed by atoms with Crippen molar-refractivity contribution >= 4 is 17.3 Å². The SMILES string of the molecule is CCc1ccc(NCC(=O)Nc2ccc(F)cc2)cc1.